The van der Waals surface area contributed by atoms with Crippen molar-refractivity contribution in [2.45, 2.75) is 18.3 Å². The molecule has 8 heteroatoms. The molecule has 1 saturated heterocycles. The van der Waals surface area contributed by atoms with Crippen molar-refractivity contribution in [1.29, 1.82) is 0 Å². The molecule has 1 amide bonds. The summed E-state index contributed by atoms with van der Waals surface area (Å²) < 4.78 is 44.4. The Morgan fingerprint density at radius 3 is 2.45 bits per heavy atom. The molecular formula is C21H24AsF3N2O2. The Kier molecular flexibility index (Phi) is 7.38. The molecule has 3 rings (SSSR count). The molecule has 1 fully saturated rings. The van der Waals surface area contributed by atoms with E-state index in [1.54, 1.807) is 12.1 Å². The molecule has 2 aromatic rings. The molecule has 1 heterocycles. The Bertz CT molecular complexity index is 835. The molecule has 1 N–H and O–H groups in total. The van der Waals surface area contributed by atoms with Crippen LogP contribution in [-0.4, -0.2) is 59.4 Å². The van der Waals surface area contributed by atoms with E-state index in [0.717, 1.165) is 47.2 Å². The van der Waals surface area contributed by atoms with Gasteiger partial charge in [0.25, 0.3) is 0 Å². The van der Waals surface area contributed by atoms with Crippen molar-refractivity contribution in [2.75, 3.05) is 38.2 Å². The number of hydrogen-bond donors (Lipinski definition) is 1. The van der Waals surface area contributed by atoms with E-state index < -0.39 is 27.5 Å². The molecule has 156 valence electrons. The Labute approximate surface area is 175 Å². The fraction of sp³-hybridized carbons (Fsp3) is 0.381. The maximum absolute atomic E-state index is 12.6. The molecule has 4 nitrogen and oxygen atoms in total. The van der Waals surface area contributed by atoms with Crippen LogP contribution in [0.15, 0.2) is 42.5 Å². The van der Waals surface area contributed by atoms with Gasteiger partial charge in [-0.05, 0) is 0 Å². The van der Waals surface area contributed by atoms with Crippen LogP contribution in [0.5, 0.6) is 0 Å². The third-order valence-electron chi connectivity index (χ3n) is 4.75. The van der Waals surface area contributed by atoms with Crippen LogP contribution in [0, 0.1) is 6.92 Å². The van der Waals surface area contributed by atoms with Gasteiger partial charge in [-0.15, -0.1) is 0 Å². The summed E-state index contributed by atoms with van der Waals surface area (Å²) in [5.74, 6) is -0.0384. The summed E-state index contributed by atoms with van der Waals surface area (Å²) in [6.07, 6.45) is -4.30. The van der Waals surface area contributed by atoms with Gasteiger partial charge in [0.1, 0.15) is 0 Å². The van der Waals surface area contributed by atoms with Crippen molar-refractivity contribution >= 4 is 31.7 Å². The van der Waals surface area contributed by atoms with Crippen LogP contribution in [0.4, 0.5) is 18.9 Å². The van der Waals surface area contributed by atoms with E-state index in [4.69, 9.17) is 4.74 Å². The van der Waals surface area contributed by atoms with Crippen molar-refractivity contribution in [2.24, 2.45) is 0 Å². The van der Waals surface area contributed by atoms with Crippen molar-refractivity contribution in [1.82, 2.24) is 4.90 Å². The number of morpholine rings is 1. The van der Waals surface area contributed by atoms with Gasteiger partial charge in [-0.2, -0.15) is 0 Å². The number of alkyl halides is 3. The minimum atomic E-state index is -4.30. The zero-order valence-electron chi connectivity index (χ0n) is 16.2. The molecule has 0 radical (unpaired) electrons. The fourth-order valence-electron chi connectivity index (χ4n) is 3.08. The number of anilines is 1. The SMILES string of the molecule is Cc1cc([AsH]Cc2ccc(C(F)(F)F)cc2)ccc1NC(=O)CN1CCOCC1. The van der Waals surface area contributed by atoms with Gasteiger partial charge in [-0.1, -0.05) is 0 Å². The number of ether oxygens (including phenoxy) is 1. The quantitative estimate of drug-likeness (QED) is 0.663. The predicted octanol–water partition coefficient (Wildman–Crippen LogP) is 2.55. The average molecular weight is 468 g/mol. The number of carbonyl (C=O) groups is 1. The number of benzene rings is 2. The molecule has 2 aromatic carbocycles. The Hall–Kier alpha value is -1.82. The van der Waals surface area contributed by atoms with E-state index in [1.165, 1.54) is 4.35 Å². The number of amides is 1. The van der Waals surface area contributed by atoms with Gasteiger partial charge in [-0.25, -0.2) is 0 Å². The van der Waals surface area contributed by atoms with Gasteiger partial charge >= 0.3 is 175 Å². The standard InChI is InChI=1S/C21H24AsF3N2O2/c1-15-12-18(22-13-16-2-4-17(5-3-16)21(23,24)25)6-7-19(15)26-20(28)14-27-8-10-29-11-9-27/h2-7,12,22H,8-11,13-14H2,1H3,(H,26,28). The zero-order chi connectivity index (χ0) is 20.9. The van der Waals surface area contributed by atoms with Gasteiger partial charge in [0.05, 0.1) is 0 Å². The molecule has 1 aliphatic rings. The van der Waals surface area contributed by atoms with E-state index in [-0.39, 0.29) is 5.91 Å². The number of hydrogen-bond acceptors (Lipinski definition) is 3. The molecule has 0 saturated carbocycles. The number of nitrogens with one attached hydrogen (secondary N) is 1. The number of halogens is 3. The first kappa shape index (κ1) is 21.9. The summed E-state index contributed by atoms with van der Waals surface area (Å²) >= 11 is -0.520. The van der Waals surface area contributed by atoms with Crippen molar-refractivity contribution < 1.29 is 22.7 Å². The number of rotatable bonds is 6. The first-order chi connectivity index (χ1) is 13.8. The second-order valence-electron chi connectivity index (χ2n) is 7.01. The third kappa shape index (κ3) is 6.59. The Morgan fingerprint density at radius 2 is 1.83 bits per heavy atom. The van der Waals surface area contributed by atoms with Crippen molar-refractivity contribution in [3.8, 4) is 0 Å². The van der Waals surface area contributed by atoms with E-state index >= 15 is 0 Å². The topological polar surface area (TPSA) is 41.6 Å². The molecule has 0 bridgehead atoms. The molecule has 29 heavy (non-hydrogen) atoms. The zero-order valence-corrected chi connectivity index (χ0v) is 18.3. The average Bonchev–Trinajstić information content (AvgIpc) is 2.68. The van der Waals surface area contributed by atoms with Crippen molar-refractivity contribution in [3.63, 3.8) is 0 Å². The Balaban J connectivity index is 1.53. The molecule has 1 atom stereocenters. The second-order valence-corrected chi connectivity index (χ2v) is 9.71. The summed E-state index contributed by atoms with van der Waals surface area (Å²) in [4.78, 5) is 14.3. The van der Waals surface area contributed by atoms with Crippen molar-refractivity contribution in [3.05, 3.63) is 59.2 Å². The summed E-state index contributed by atoms with van der Waals surface area (Å²) in [7, 11) is 0. The van der Waals surface area contributed by atoms with E-state index in [9.17, 15) is 18.0 Å². The normalized spacial score (nSPS) is 15.7. The van der Waals surface area contributed by atoms with Crippen LogP contribution in [0.3, 0.4) is 0 Å². The van der Waals surface area contributed by atoms with Crippen LogP contribution in [-0.2, 0) is 20.9 Å². The van der Waals surface area contributed by atoms with Gasteiger partial charge in [0, 0.05) is 0 Å². The molecule has 1 unspecified atom stereocenters. The fourth-order valence-corrected chi connectivity index (χ4v) is 5.52. The van der Waals surface area contributed by atoms with Gasteiger partial charge in [-0.3, -0.25) is 0 Å². The first-order valence-corrected chi connectivity index (χ1v) is 11.9. The first-order valence-electron chi connectivity index (χ1n) is 9.42. The summed E-state index contributed by atoms with van der Waals surface area (Å²) in [6, 6.07) is 11.4. The van der Waals surface area contributed by atoms with Crippen LogP contribution in [0.1, 0.15) is 16.7 Å². The molecule has 1 aliphatic heterocycles. The molecular weight excluding hydrogens is 444 g/mol. The van der Waals surface area contributed by atoms with Crippen LogP contribution in [0.2, 0.25) is 0 Å². The third-order valence-corrected chi connectivity index (χ3v) is 7.49. The van der Waals surface area contributed by atoms with E-state index in [1.807, 2.05) is 19.1 Å². The molecule has 0 aliphatic carbocycles. The summed E-state index contributed by atoms with van der Waals surface area (Å²) in [6.45, 7) is 5.15. The number of carbonyl (C=O) groups excluding carboxylic acids is 1. The predicted molar refractivity (Wildman–Crippen MR) is 109 cm³/mol. The van der Waals surface area contributed by atoms with E-state index in [0.29, 0.717) is 19.8 Å². The van der Waals surface area contributed by atoms with E-state index in [2.05, 4.69) is 16.3 Å². The van der Waals surface area contributed by atoms with Gasteiger partial charge in [0.2, 0.25) is 0 Å². The Morgan fingerprint density at radius 1 is 1.14 bits per heavy atom. The molecule has 0 aromatic heterocycles. The van der Waals surface area contributed by atoms with Gasteiger partial charge in [0.15, 0.2) is 0 Å². The summed E-state index contributed by atoms with van der Waals surface area (Å²) in [5.41, 5.74) is 2.09. The van der Waals surface area contributed by atoms with Crippen LogP contribution in [0.25, 0.3) is 0 Å². The second kappa shape index (κ2) is 9.79. The number of aryl methyl sites for hydroxylation is 1. The number of nitrogens with zero attached hydrogens (tertiary/aromatic N) is 1. The molecule has 0 spiro atoms. The summed E-state index contributed by atoms with van der Waals surface area (Å²) in [5, 5.41) is 3.74. The van der Waals surface area contributed by atoms with Gasteiger partial charge < -0.3 is 0 Å². The maximum atomic E-state index is 12.6. The van der Waals surface area contributed by atoms with Crippen LogP contribution < -0.4 is 9.67 Å². The monoisotopic (exact) mass is 468 g/mol. The van der Waals surface area contributed by atoms with Crippen LogP contribution >= 0.6 is 0 Å². The minimum absolute atomic E-state index is 0.0384.